The molecule has 0 aromatic heterocycles. The Morgan fingerprint density at radius 2 is 2.19 bits per heavy atom. The summed E-state index contributed by atoms with van der Waals surface area (Å²) in [5.41, 5.74) is 4.18. The van der Waals surface area contributed by atoms with Gasteiger partial charge in [-0.05, 0) is 51.4 Å². The van der Waals surface area contributed by atoms with E-state index in [9.17, 15) is 0 Å². The highest BCUT2D eigenvalue weighted by Gasteiger charge is 2.47. The van der Waals surface area contributed by atoms with E-state index in [0.29, 0.717) is 5.54 Å². The average molecular weight is 219 g/mol. The van der Waals surface area contributed by atoms with Gasteiger partial charge in [0.2, 0.25) is 0 Å². The molecule has 0 aromatic rings. The molecule has 0 saturated carbocycles. The summed E-state index contributed by atoms with van der Waals surface area (Å²) in [6, 6.07) is 0. The van der Waals surface area contributed by atoms with E-state index >= 15 is 0 Å². The normalized spacial score (nSPS) is 39.0. The molecule has 90 valence electrons. The molecule has 1 heteroatoms. The van der Waals surface area contributed by atoms with Crippen molar-refractivity contribution in [2.75, 3.05) is 13.1 Å². The van der Waals surface area contributed by atoms with Crippen LogP contribution in [0.5, 0.6) is 0 Å². The number of nitrogens with zero attached hydrogens (tertiary/aromatic N) is 1. The van der Waals surface area contributed by atoms with E-state index in [1.54, 1.807) is 0 Å². The number of hydrogen-bond donors (Lipinski definition) is 0. The van der Waals surface area contributed by atoms with Crippen molar-refractivity contribution in [3.05, 3.63) is 11.1 Å². The predicted octanol–water partition coefficient (Wildman–Crippen LogP) is 3.75. The summed E-state index contributed by atoms with van der Waals surface area (Å²) in [7, 11) is 0. The van der Waals surface area contributed by atoms with Gasteiger partial charge in [-0.15, -0.1) is 0 Å². The molecule has 2 atom stereocenters. The molecule has 0 unspecified atom stereocenters. The van der Waals surface area contributed by atoms with Gasteiger partial charge in [-0.2, -0.15) is 0 Å². The monoisotopic (exact) mass is 219 g/mol. The quantitative estimate of drug-likeness (QED) is 0.639. The van der Waals surface area contributed by atoms with E-state index in [1.807, 2.05) is 11.1 Å². The third kappa shape index (κ3) is 1.48. The third-order valence-corrected chi connectivity index (χ3v) is 5.23. The maximum Gasteiger partial charge on any atom is 0.0398 e. The van der Waals surface area contributed by atoms with Crippen LogP contribution < -0.4 is 0 Å². The maximum absolute atomic E-state index is 2.80. The van der Waals surface area contributed by atoms with E-state index in [4.69, 9.17) is 0 Å². The summed E-state index contributed by atoms with van der Waals surface area (Å²) in [6.45, 7) is 7.58. The molecule has 0 N–H and O–H groups in total. The van der Waals surface area contributed by atoms with Crippen LogP contribution in [-0.4, -0.2) is 23.5 Å². The first-order chi connectivity index (χ1) is 7.74. The van der Waals surface area contributed by atoms with Crippen LogP contribution in [0.3, 0.4) is 0 Å². The zero-order chi connectivity index (χ0) is 11.2. The maximum atomic E-state index is 2.80. The molecule has 2 aliphatic heterocycles. The predicted molar refractivity (Wildman–Crippen MR) is 68.5 cm³/mol. The Morgan fingerprint density at radius 3 is 3.00 bits per heavy atom. The van der Waals surface area contributed by atoms with Crippen molar-refractivity contribution in [1.29, 1.82) is 0 Å². The first-order valence-electron chi connectivity index (χ1n) is 7.20. The van der Waals surface area contributed by atoms with Gasteiger partial charge >= 0.3 is 0 Å². The van der Waals surface area contributed by atoms with Gasteiger partial charge in [0.05, 0.1) is 0 Å². The van der Waals surface area contributed by atoms with Gasteiger partial charge in [0.25, 0.3) is 0 Å². The van der Waals surface area contributed by atoms with Crippen molar-refractivity contribution < 1.29 is 0 Å². The van der Waals surface area contributed by atoms with Gasteiger partial charge in [-0.3, -0.25) is 4.90 Å². The Balaban J connectivity index is 1.85. The van der Waals surface area contributed by atoms with Crippen molar-refractivity contribution in [3.8, 4) is 0 Å². The van der Waals surface area contributed by atoms with Crippen LogP contribution in [-0.2, 0) is 0 Å². The fourth-order valence-corrected chi connectivity index (χ4v) is 4.52. The van der Waals surface area contributed by atoms with Crippen LogP contribution in [0.4, 0.5) is 0 Å². The largest absolute Gasteiger partial charge is 0.294 e. The topological polar surface area (TPSA) is 3.24 Å². The molecule has 16 heavy (non-hydrogen) atoms. The van der Waals surface area contributed by atoms with Gasteiger partial charge < -0.3 is 0 Å². The highest BCUT2D eigenvalue weighted by molar-refractivity contribution is 5.34. The summed E-state index contributed by atoms with van der Waals surface area (Å²) >= 11 is 0. The molecular weight excluding hydrogens is 194 g/mol. The second-order valence-electron chi connectivity index (χ2n) is 6.26. The molecule has 1 fully saturated rings. The highest BCUT2D eigenvalue weighted by atomic mass is 15.2. The van der Waals surface area contributed by atoms with Crippen molar-refractivity contribution in [1.82, 2.24) is 4.90 Å². The van der Waals surface area contributed by atoms with Gasteiger partial charge in [0, 0.05) is 18.6 Å². The van der Waals surface area contributed by atoms with Crippen LogP contribution in [0.15, 0.2) is 11.1 Å². The van der Waals surface area contributed by atoms with Gasteiger partial charge in [0.15, 0.2) is 0 Å². The van der Waals surface area contributed by atoms with Crippen molar-refractivity contribution >= 4 is 0 Å². The summed E-state index contributed by atoms with van der Waals surface area (Å²) in [4.78, 5) is 2.80. The van der Waals surface area contributed by atoms with E-state index in [0.717, 1.165) is 5.92 Å². The zero-order valence-electron chi connectivity index (χ0n) is 10.9. The van der Waals surface area contributed by atoms with Crippen LogP contribution in [0, 0.1) is 5.92 Å². The molecule has 3 rings (SSSR count). The molecule has 0 bridgehead atoms. The van der Waals surface area contributed by atoms with E-state index in [1.165, 1.54) is 58.0 Å². The molecule has 0 aromatic carbocycles. The summed E-state index contributed by atoms with van der Waals surface area (Å²) < 4.78 is 0. The first kappa shape index (κ1) is 10.8. The Bertz CT molecular complexity index is 317. The zero-order valence-corrected chi connectivity index (χ0v) is 10.9. The lowest BCUT2D eigenvalue weighted by Gasteiger charge is -2.41. The molecule has 1 nitrogen and oxygen atoms in total. The van der Waals surface area contributed by atoms with Crippen molar-refractivity contribution in [3.63, 3.8) is 0 Å². The lowest BCUT2D eigenvalue weighted by atomic mass is 9.81. The van der Waals surface area contributed by atoms with Crippen molar-refractivity contribution in [2.45, 2.75) is 64.3 Å². The van der Waals surface area contributed by atoms with Gasteiger partial charge in [0.1, 0.15) is 0 Å². The molecule has 0 radical (unpaired) electrons. The molecular formula is C15H25N. The molecule has 0 spiro atoms. The number of fused-ring (bicyclic) bond motifs is 2. The Kier molecular flexibility index (Phi) is 2.62. The molecule has 1 saturated heterocycles. The minimum absolute atomic E-state index is 0.476. The summed E-state index contributed by atoms with van der Waals surface area (Å²) in [5.74, 6) is 0.974. The lowest BCUT2D eigenvalue weighted by molar-refractivity contribution is 0.176. The smallest absolute Gasteiger partial charge is 0.0398 e. The summed E-state index contributed by atoms with van der Waals surface area (Å²) in [6.07, 6.45) is 9.88. The SMILES string of the molecule is CCC[C@@H]1CN2CCC3=C(CCC3)[C@]2(C)C1. The van der Waals surface area contributed by atoms with Crippen LogP contribution >= 0.6 is 0 Å². The Labute approximate surface area is 99.9 Å². The van der Waals surface area contributed by atoms with E-state index in [2.05, 4.69) is 18.7 Å². The third-order valence-electron chi connectivity index (χ3n) is 5.23. The molecule has 3 aliphatic rings. The van der Waals surface area contributed by atoms with Gasteiger partial charge in [-0.1, -0.05) is 24.5 Å². The Morgan fingerprint density at radius 1 is 1.31 bits per heavy atom. The fraction of sp³-hybridized carbons (Fsp3) is 0.867. The number of rotatable bonds is 2. The van der Waals surface area contributed by atoms with Crippen LogP contribution in [0.2, 0.25) is 0 Å². The van der Waals surface area contributed by atoms with Crippen LogP contribution in [0.1, 0.15) is 58.8 Å². The second-order valence-corrected chi connectivity index (χ2v) is 6.26. The lowest BCUT2D eigenvalue weighted by Crippen LogP contribution is -2.45. The average Bonchev–Trinajstić information content (AvgIpc) is 2.81. The second kappa shape index (κ2) is 3.87. The first-order valence-corrected chi connectivity index (χ1v) is 7.20. The summed E-state index contributed by atoms with van der Waals surface area (Å²) in [5, 5.41) is 0. The standard InChI is InChI=1S/C15H25N/c1-3-5-12-10-15(2)14-7-4-6-13(14)8-9-16(15)11-12/h12H,3-11H2,1-2H3/t12-,15-/m0/s1. The minimum atomic E-state index is 0.476. The molecule has 2 heterocycles. The highest BCUT2D eigenvalue weighted by Crippen LogP contribution is 2.49. The van der Waals surface area contributed by atoms with E-state index < -0.39 is 0 Å². The van der Waals surface area contributed by atoms with Crippen molar-refractivity contribution in [2.24, 2.45) is 5.92 Å². The molecule has 1 aliphatic carbocycles. The minimum Gasteiger partial charge on any atom is -0.294 e. The fourth-order valence-electron chi connectivity index (χ4n) is 4.52. The van der Waals surface area contributed by atoms with E-state index in [-0.39, 0.29) is 0 Å². The Hall–Kier alpha value is -0.300. The van der Waals surface area contributed by atoms with Crippen LogP contribution in [0.25, 0.3) is 0 Å². The van der Waals surface area contributed by atoms with Gasteiger partial charge in [-0.25, -0.2) is 0 Å². The molecule has 0 amide bonds. The number of hydrogen-bond acceptors (Lipinski definition) is 1.